The first-order chi connectivity index (χ1) is 16.4. The van der Waals surface area contributed by atoms with Crippen LogP contribution in [0.4, 0.5) is 0 Å². The molecule has 1 fully saturated rings. The maximum Gasteiger partial charge on any atom is 0.243 e. The lowest BCUT2D eigenvalue weighted by Crippen LogP contribution is -2.50. The van der Waals surface area contributed by atoms with Crippen molar-refractivity contribution in [2.24, 2.45) is 0 Å². The second kappa shape index (κ2) is 9.35. The molecule has 34 heavy (non-hydrogen) atoms. The minimum Gasteiger partial charge on any atom is -0.441 e. The first-order valence-electron chi connectivity index (χ1n) is 11.8. The second-order valence-electron chi connectivity index (χ2n) is 8.99. The van der Waals surface area contributed by atoms with E-state index in [1.54, 1.807) is 11.0 Å². The van der Waals surface area contributed by atoms with Gasteiger partial charge in [-0.3, -0.25) is 4.79 Å². The normalized spacial score (nSPS) is 16.9. The maximum absolute atomic E-state index is 13.2. The largest absolute Gasteiger partial charge is 0.441 e. The molecule has 7 nitrogen and oxygen atoms in total. The lowest BCUT2D eigenvalue weighted by Gasteiger charge is -2.34. The third-order valence-corrected chi connectivity index (χ3v) is 8.68. The number of hydrogen-bond acceptors (Lipinski definition) is 5. The van der Waals surface area contributed by atoms with E-state index in [0.717, 1.165) is 36.8 Å². The number of rotatable bonds is 5. The van der Waals surface area contributed by atoms with Crippen LogP contribution in [-0.4, -0.2) is 54.7 Å². The maximum atomic E-state index is 13.2. The Bertz CT molecular complexity index is 1290. The van der Waals surface area contributed by atoms with Gasteiger partial charge in [0.25, 0.3) is 0 Å². The zero-order valence-corrected chi connectivity index (χ0v) is 20.2. The van der Waals surface area contributed by atoms with E-state index in [-0.39, 0.29) is 25.4 Å². The van der Waals surface area contributed by atoms with Crippen LogP contribution in [0.15, 0.2) is 57.8 Å². The summed E-state index contributed by atoms with van der Waals surface area (Å²) in [5.74, 6) is 1.06. The molecular formula is C26H29N3O4S. The minimum absolute atomic E-state index is 0.0677. The summed E-state index contributed by atoms with van der Waals surface area (Å²) >= 11 is 0. The number of carbonyl (C=O) groups is 1. The smallest absolute Gasteiger partial charge is 0.243 e. The van der Waals surface area contributed by atoms with Gasteiger partial charge in [0.15, 0.2) is 0 Å². The molecule has 8 heteroatoms. The van der Waals surface area contributed by atoms with Crippen LogP contribution in [0, 0.1) is 6.92 Å². The summed E-state index contributed by atoms with van der Waals surface area (Å²) in [6.45, 7) is 3.12. The van der Waals surface area contributed by atoms with Gasteiger partial charge in [0.1, 0.15) is 5.76 Å². The van der Waals surface area contributed by atoms with Gasteiger partial charge in [0.05, 0.1) is 17.0 Å². The van der Waals surface area contributed by atoms with Crippen molar-refractivity contribution >= 4 is 15.9 Å². The van der Waals surface area contributed by atoms with Gasteiger partial charge in [0.2, 0.25) is 21.8 Å². The number of nitrogens with zero attached hydrogens (tertiary/aromatic N) is 3. The molecule has 0 radical (unpaired) electrons. The van der Waals surface area contributed by atoms with Crippen molar-refractivity contribution in [1.29, 1.82) is 0 Å². The summed E-state index contributed by atoms with van der Waals surface area (Å²) in [6.07, 6.45) is 4.37. The van der Waals surface area contributed by atoms with Crippen molar-refractivity contribution in [1.82, 2.24) is 14.2 Å². The van der Waals surface area contributed by atoms with E-state index in [0.29, 0.717) is 35.3 Å². The van der Waals surface area contributed by atoms with E-state index in [4.69, 9.17) is 4.42 Å². The Morgan fingerprint density at radius 3 is 2.41 bits per heavy atom. The molecule has 0 bridgehead atoms. The summed E-state index contributed by atoms with van der Waals surface area (Å²) in [6, 6.07) is 15.1. The Balaban J connectivity index is 1.22. The Morgan fingerprint density at radius 2 is 1.68 bits per heavy atom. The van der Waals surface area contributed by atoms with Gasteiger partial charge in [-0.25, -0.2) is 13.4 Å². The number of benzene rings is 2. The summed E-state index contributed by atoms with van der Waals surface area (Å²) in [5, 5.41) is 0. The average Bonchev–Trinajstić information content (AvgIpc) is 3.24. The Hall–Kier alpha value is -2.97. The Kier molecular flexibility index (Phi) is 6.27. The number of amides is 1. The van der Waals surface area contributed by atoms with Crippen molar-refractivity contribution in [3.63, 3.8) is 0 Å². The average molecular weight is 480 g/mol. The summed E-state index contributed by atoms with van der Waals surface area (Å²) in [5.41, 5.74) is 3.90. The lowest BCUT2D eigenvalue weighted by atomic mass is 9.92. The SMILES string of the molecule is Cc1oc(-c2ccccc2)nc1CC(=O)N1CCN(S(=O)(=O)c2ccc3c(c2)CCCC3)CC1. The fourth-order valence-electron chi connectivity index (χ4n) is 4.75. The fourth-order valence-corrected chi connectivity index (χ4v) is 6.22. The molecule has 5 rings (SSSR count). The second-order valence-corrected chi connectivity index (χ2v) is 10.9. The van der Waals surface area contributed by atoms with Crippen LogP contribution in [0.25, 0.3) is 11.5 Å². The predicted molar refractivity (Wildman–Crippen MR) is 129 cm³/mol. The predicted octanol–water partition coefficient (Wildman–Crippen LogP) is 3.60. The van der Waals surface area contributed by atoms with Gasteiger partial charge in [-0.05, 0) is 68.0 Å². The van der Waals surface area contributed by atoms with E-state index in [2.05, 4.69) is 4.98 Å². The van der Waals surface area contributed by atoms with Crippen molar-refractivity contribution in [3.8, 4) is 11.5 Å². The van der Waals surface area contributed by atoms with Gasteiger partial charge in [-0.1, -0.05) is 24.3 Å². The molecule has 1 saturated heterocycles. The topological polar surface area (TPSA) is 83.7 Å². The number of hydrogen-bond donors (Lipinski definition) is 0. The molecule has 0 atom stereocenters. The number of piperazine rings is 1. The molecule has 0 N–H and O–H groups in total. The molecule has 1 aromatic heterocycles. The van der Waals surface area contributed by atoms with Gasteiger partial charge in [0, 0.05) is 31.7 Å². The third kappa shape index (κ3) is 4.52. The molecule has 2 aliphatic rings. The highest BCUT2D eigenvalue weighted by Gasteiger charge is 2.31. The molecule has 0 spiro atoms. The molecule has 2 heterocycles. The van der Waals surface area contributed by atoms with Gasteiger partial charge >= 0.3 is 0 Å². The van der Waals surface area contributed by atoms with Gasteiger partial charge in [-0.15, -0.1) is 0 Å². The van der Waals surface area contributed by atoms with Crippen LogP contribution < -0.4 is 0 Å². The molecule has 178 valence electrons. The van der Waals surface area contributed by atoms with E-state index >= 15 is 0 Å². The lowest BCUT2D eigenvalue weighted by molar-refractivity contribution is -0.131. The monoisotopic (exact) mass is 479 g/mol. The zero-order chi connectivity index (χ0) is 23.7. The number of sulfonamides is 1. The van der Waals surface area contributed by atoms with Crippen LogP contribution in [0.2, 0.25) is 0 Å². The number of oxazole rings is 1. The third-order valence-electron chi connectivity index (χ3n) is 6.78. The highest BCUT2D eigenvalue weighted by atomic mass is 32.2. The zero-order valence-electron chi connectivity index (χ0n) is 19.4. The highest BCUT2D eigenvalue weighted by Crippen LogP contribution is 2.27. The number of aryl methyl sites for hydroxylation is 3. The molecule has 1 aliphatic carbocycles. The van der Waals surface area contributed by atoms with Crippen molar-refractivity contribution < 1.29 is 17.6 Å². The van der Waals surface area contributed by atoms with Crippen molar-refractivity contribution in [2.75, 3.05) is 26.2 Å². The minimum atomic E-state index is -3.57. The van der Waals surface area contributed by atoms with Crippen LogP contribution in [-0.2, 0) is 34.1 Å². The van der Waals surface area contributed by atoms with Crippen LogP contribution in [0.5, 0.6) is 0 Å². The standard InChI is InChI=1S/C26H29N3O4S/c1-19-24(27-26(33-19)21-8-3-2-4-9-21)18-25(30)28-13-15-29(16-14-28)34(31,32)23-12-11-20-7-5-6-10-22(20)17-23/h2-4,8-9,11-12,17H,5-7,10,13-16,18H2,1H3. The van der Waals surface area contributed by atoms with Crippen LogP contribution >= 0.6 is 0 Å². The van der Waals surface area contributed by atoms with Crippen LogP contribution in [0.1, 0.15) is 35.4 Å². The summed E-state index contributed by atoms with van der Waals surface area (Å²) < 4.78 is 33.7. The molecule has 3 aromatic rings. The highest BCUT2D eigenvalue weighted by molar-refractivity contribution is 7.89. The van der Waals surface area contributed by atoms with E-state index in [1.807, 2.05) is 49.4 Å². The summed E-state index contributed by atoms with van der Waals surface area (Å²) in [7, 11) is -3.57. The quantitative estimate of drug-likeness (QED) is 0.558. The van der Waals surface area contributed by atoms with Crippen molar-refractivity contribution in [2.45, 2.75) is 43.9 Å². The van der Waals surface area contributed by atoms with Crippen molar-refractivity contribution in [3.05, 3.63) is 71.1 Å². The van der Waals surface area contributed by atoms with Gasteiger partial charge in [-0.2, -0.15) is 4.31 Å². The summed E-state index contributed by atoms with van der Waals surface area (Å²) in [4.78, 5) is 19.5. The first kappa shape index (κ1) is 22.8. The van der Waals surface area contributed by atoms with E-state index in [1.165, 1.54) is 9.87 Å². The molecule has 1 aliphatic heterocycles. The molecular weight excluding hydrogens is 450 g/mol. The fraction of sp³-hybridized carbons (Fsp3) is 0.385. The molecule has 1 amide bonds. The molecule has 0 unspecified atom stereocenters. The molecule has 0 saturated carbocycles. The van der Waals surface area contributed by atoms with Gasteiger partial charge < -0.3 is 9.32 Å². The van der Waals surface area contributed by atoms with Crippen LogP contribution in [0.3, 0.4) is 0 Å². The Morgan fingerprint density at radius 1 is 0.971 bits per heavy atom. The first-order valence-corrected chi connectivity index (χ1v) is 13.3. The van der Waals surface area contributed by atoms with E-state index in [9.17, 15) is 13.2 Å². The number of fused-ring (bicyclic) bond motifs is 1. The number of aromatic nitrogens is 1. The molecule has 2 aromatic carbocycles. The Labute approximate surface area is 200 Å². The number of carbonyl (C=O) groups excluding carboxylic acids is 1. The van der Waals surface area contributed by atoms with E-state index < -0.39 is 10.0 Å².